The van der Waals surface area contributed by atoms with Crippen LogP contribution >= 0.6 is 11.6 Å². The molecule has 0 amide bonds. The van der Waals surface area contributed by atoms with Crippen molar-refractivity contribution in [2.24, 2.45) is 7.05 Å². The lowest BCUT2D eigenvalue weighted by atomic mass is 9.92. The van der Waals surface area contributed by atoms with Gasteiger partial charge in [0.25, 0.3) is 0 Å². The van der Waals surface area contributed by atoms with Crippen molar-refractivity contribution in [3.8, 4) is 0 Å². The van der Waals surface area contributed by atoms with Gasteiger partial charge in [-0.3, -0.25) is 4.68 Å². The molecule has 0 spiro atoms. The number of nitrogens with one attached hydrogen (secondary N) is 1. The molecule has 3 rings (SSSR count). The molecule has 0 aliphatic heterocycles. The van der Waals surface area contributed by atoms with Crippen LogP contribution in [0.5, 0.6) is 0 Å². The number of fused-ring (bicyclic) bond motifs is 1. The number of hydrogen-bond donors (Lipinski definition) is 1. The van der Waals surface area contributed by atoms with Crippen molar-refractivity contribution >= 4 is 11.6 Å². The van der Waals surface area contributed by atoms with E-state index in [4.69, 9.17) is 11.6 Å². The molecule has 20 heavy (non-hydrogen) atoms. The van der Waals surface area contributed by atoms with Crippen LogP contribution in [0.3, 0.4) is 0 Å². The molecule has 1 heterocycles. The summed E-state index contributed by atoms with van der Waals surface area (Å²) in [7, 11) is 2.03. The van der Waals surface area contributed by atoms with E-state index in [1.54, 1.807) is 0 Å². The van der Waals surface area contributed by atoms with Gasteiger partial charge in [-0.2, -0.15) is 5.10 Å². The second kappa shape index (κ2) is 5.58. The second-order valence-corrected chi connectivity index (χ2v) is 5.93. The molecule has 3 nitrogen and oxygen atoms in total. The molecule has 106 valence electrons. The molecule has 0 bridgehead atoms. The Morgan fingerprint density at radius 2 is 2.20 bits per heavy atom. The molecule has 1 aromatic carbocycles. The highest BCUT2D eigenvalue weighted by atomic mass is 35.5. The Bertz CT molecular complexity index is 606. The molecule has 2 atom stereocenters. The van der Waals surface area contributed by atoms with E-state index in [9.17, 15) is 0 Å². The molecule has 1 aliphatic rings. The Morgan fingerprint density at radius 1 is 1.40 bits per heavy atom. The Hall–Kier alpha value is -1.32. The average molecular weight is 290 g/mol. The van der Waals surface area contributed by atoms with E-state index in [0.29, 0.717) is 6.04 Å². The van der Waals surface area contributed by atoms with E-state index >= 15 is 0 Å². The van der Waals surface area contributed by atoms with Crippen molar-refractivity contribution in [3.63, 3.8) is 0 Å². The summed E-state index contributed by atoms with van der Waals surface area (Å²) in [5, 5.41) is 8.93. The average Bonchev–Trinajstić information content (AvgIpc) is 2.82. The number of rotatable bonds is 3. The van der Waals surface area contributed by atoms with Crippen molar-refractivity contribution in [2.45, 2.75) is 38.3 Å². The number of aromatic nitrogens is 2. The Balaban J connectivity index is 1.81. The lowest BCUT2D eigenvalue weighted by Gasteiger charge is -2.27. The van der Waals surface area contributed by atoms with Crippen LogP contribution in [0.1, 0.15) is 48.7 Å². The van der Waals surface area contributed by atoms with Gasteiger partial charge >= 0.3 is 0 Å². The molecule has 2 aromatic rings. The van der Waals surface area contributed by atoms with Gasteiger partial charge in [-0.25, -0.2) is 0 Å². The first-order valence-corrected chi connectivity index (χ1v) is 7.56. The van der Waals surface area contributed by atoms with Crippen molar-refractivity contribution < 1.29 is 0 Å². The molecule has 1 aromatic heterocycles. The highest BCUT2D eigenvalue weighted by Gasteiger charge is 2.25. The number of halogens is 1. The summed E-state index contributed by atoms with van der Waals surface area (Å²) in [4.78, 5) is 0. The summed E-state index contributed by atoms with van der Waals surface area (Å²) in [6.45, 7) is 2.17. The van der Waals surface area contributed by atoms with Crippen LogP contribution in [0.4, 0.5) is 0 Å². The maximum atomic E-state index is 6.28. The highest BCUT2D eigenvalue weighted by molar-refractivity contribution is 6.31. The van der Waals surface area contributed by atoms with Crippen LogP contribution in [-0.2, 0) is 13.5 Å². The maximum absolute atomic E-state index is 6.28. The third-order valence-corrected chi connectivity index (χ3v) is 4.54. The molecule has 0 saturated heterocycles. The summed E-state index contributed by atoms with van der Waals surface area (Å²) >= 11 is 6.28. The smallest absolute Gasteiger partial charge is 0.0540 e. The minimum Gasteiger partial charge on any atom is -0.303 e. The van der Waals surface area contributed by atoms with Crippen LogP contribution in [0, 0.1) is 0 Å². The van der Waals surface area contributed by atoms with Gasteiger partial charge in [-0.15, -0.1) is 0 Å². The minimum atomic E-state index is 0.236. The molecule has 0 radical (unpaired) electrons. The Kier molecular flexibility index (Phi) is 3.81. The minimum absolute atomic E-state index is 0.236. The summed E-state index contributed by atoms with van der Waals surface area (Å²) in [5.74, 6) is 0. The van der Waals surface area contributed by atoms with Crippen LogP contribution < -0.4 is 5.32 Å². The lowest BCUT2D eigenvalue weighted by Crippen LogP contribution is -2.28. The topological polar surface area (TPSA) is 29.9 Å². The summed E-state index contributed by atoms with van der Waals surface area (Å²) in [5.41, 5.74) is 3.86. The lowest BCUT2D eigenvalue weighted by molar-refractivity contribution is 0.411. The molecule has 2 unspecified atom stereocenters. The predicted octanol–water partition coefficient (Wildman–Crippen LogP) is 3.80. The van der Waals surface area contributed by atoms with Crippen LogP contribution in [0.15, 0.2) is 30.5 Å². The van der Waals surface area contributed by atoms with Crippen LogP contribution in [0.25, 0.3) is 0 Å². The van der Waals surface area contributed by atoms with Crippen molar-refractivity contribution in [2.75, 3.05) is 0 Å². The van der Waals surface area contributed by atoms with Crippen molar-refractivity contribution in [1.82, 2.24) is 15.1 Å². The third-order valence-electron chi connectivity index (χ3n) is 4.20. The fraction of sp³-hybridized carbons (Fsp3) is 0.438. The van der Waals surface area contributed by atoms with Gasteiger partial charge in [0.2, 0.25) is 0 Å². The molecule has 0 fully saturated rings. The SMILES string of the molecule is CC(NC1CCCc2c1cnn2C)c1ccccc1Cl. The van der Waals surface area contributed by atoms with E-state index < -0.39 is 0 Å². The van der Waals surface area contributed by atoms with Gasteiger partial charge in [-0.1, -0.05) is 29.8 Å². The van der Waals surface area contributed by atoms with Crippen molar-refractivity contribution in [3.05, 3.63) is 52.3 Å². The zero-order valence-electron chi connectivity index (χ0n) is 11.9. The van der Waals surface area contributed by atoms with E-state index in [1.165, 1.54) is 17.7 Å². The van der Waals surface area contributed by atoms with Gasteiger partial charge in [-0.05, 0) is 37.8 Å². The number of aryl methyl sites for hydroxylation is 1. The monoisotopic (exact) mass is 289 g/mol. The molecule has 4 heteroatoms. The zero-order chi connectivity index (χ0) is 14.1. The van der Waals surface area contributed by atoms with E-state index in [0.717, 1.165) is 23.4 Å². The highest BCUT2D eigenvalue weighted by Crippen LogP contribution is 2.32. The quantitative estimate of drug-likeness (QED) is 0.931. The standard InChI is InChI=1S/C16H20ClN3/c1-11(12-6-3-4-7-14(12)17)19-15-8-5-9-16-13(15)10-18-20(16)2/h3-4,6-7,10-11,15,19H,5,8-9H2,1-2H3. The van der Waals surface area contributed by atoms with Crippen LogP contribution in [0.2, 0.25) is 5.02 Å². The fourth-order valence-electron chi connectivity index (χ4n) is 3.10. The predicted molar refractivity (Wildman–Crippen MR) is 81.9 cm³/mol. The van der Waals surface area contributed by atoms with Gasteiger partial charge in [0, 0.05) is 35.4 Å². The van der Waals surface area contributed by atoms with Gasteiger partial charge < -0.3 is 5.32 Å². The number of hydrogen-bond acceptors (Lipinski definition) is 2. The summed E-state index contributed by atoms with van der Waals surface area (Å²) < 4.78 is 2.00. The van der Waals surface area contributed by atoms with Gasteiger partial charge in [0.15, 0.2) is 0 Å². The molecule has 1 N–H and O–H groups in total. The first kappa shape index (κ1) is 13.7. The Labute approximate surface area is 124 Å². The van der Waals surface area contributed by atoms with Gasteiger partial charge in [0.05, 0.1) is 6.20 Å². The zero-order valence-corrected chi connectivity index (χ0v) is 12.7. The Morgan fingerprint density at radius 3 is 3.00 bits per heavy atom. The second-order valence-electron chi connectivity index (χ2n) is 5.52. The number of benzene rings is 1. The maximum Gasteiger partial charge on any atom is 0.0540 e. The van der Waals surface area contributed by atoms with Gasteiger partial charge in [0.1, 0.15) is 0 Å². The number of nitrogens with zero attached hydrogens (tertiary/aromatic N) is 2. The largest absolute Gasteiger partial charge is 0.303 e. The van der Waals surface area contributed by atoms with E-state index in [2.05, 4.69) is 23.4 Å². The molecular formula is C16H20ClN3. The molecular weight excluding hydrogens is 270 g/mol. The summed E-state index contributed by atoms with van der Waals surface area (Å²) in [6.07, 6.45) is 5.50. The fourth-order valence-corrected chi connectivity index (χ4v) is 3.40. The first-order chi connectivity index (χ1) is 9.66. The summed E-state index contributed by atoms with van der Waals surface area (Å²) in [6, 6.07) is 8.66. The molecule has 0 saturated carbocycles. The first-order valence-electron chi connectivity index (χ1n) is 7.18. The molecule has 1 aliphatic carbocycles. The van der Waals surface area contributed by atoms with Crippen LogP contribution in [-0.4, -0.2) is 9.78 Å². The normalized spacial score (nSPS) is 19.6. The van der Waals surface area contributed by atoms with E-state index in [1.807, 2.05) is 36.1 Å². The van der Waals surface area contributed by atoms with Crippen molar-refractivity contribution in [1.29, 1.82) is 0 Å². The van der Waals surface area contributed by atoms with E-state index in [-0.39, 0.29) is 6.04 Å². The third kappa shape index (κ3) is 2.48.